The summed E-state index contributed by atoms with van der Waals surface area (Å²) in [6, 6.07) is 0.749. The van der Waals surface area contributed by atoms with Gasteiger partial charge in [-0.05, 0) is 11.1 Å². The van der Waals surface area contributed by atoms with Crippen LogP contribution in [0.25, 0.3) is 0 Å². The van der Waals surface area contributed by atoms with Gasteiger partial charge in [0.1, 0.15) is 0 Å². The molecule has 0 rings (SSSR count). The molecule has 0 amide bonds. The quantitative estimate of drug-likeness (QED) is 0.611. The molecule has 0 unspecified atom stereocenters. The third-order valence-corrected chi connectivity index (χ3v) is 9.07. The molecule has 0 aromatic carbocycles. The normalized spacial score (nSPS) is 12.1. The van der Waals surface area contributed by atoms with E-state index in [9.17, 15) is 13.2 Å². The minimum absolute atomic E-state index is 0. The van der Waals surface area contributed by atoms with Crippen molar-refractivity contribution in [2.24, 2.45) is 0 Å². The van der Waals surface area contributed by atoms with E-state index in [1.54, 1.807) is 0 Å². The number of hydrogen-bond acceptors (Lipinski definition) is 4. The number of thiol groups is 1. The van der Waals surface area contributed by atoms with Gasteiger partial charge >= 0.3 is 35.8 Å². The third-order valence-electron chi connectivity index (χ3n) is 3.16. The first-order valence-electron chi connectivity index (χ1n) is 4.91. The molecule has 0 heterocycles. The summed E-state index contributed by atoms with van der Waals surface area (Å²) in [5.74, 6) is -0.643. The van der Waals surface area contributed by atoms with E-state index in [1.807, 2.05) is 0 Å². The van der Waals surface area contributed by atoms with Crippen LogP contribution in [0.2, 0.25) is 24.2 Å². The summed E-state index contributed by atoms with van der Waals surface area (Å²) < 4.78 is 24.4. The van der Waals surface area contributed by atoms with Crippen LogP contribution in [0.4, 0.5) is 0 Å². The summed E-state index contributed by atoms with van der Waals surface area (Å²) in [7, 11) is -4.57. The minimum atomic E-state index is -3.05. The van der Waals surface area contributed by atoms with Gasteiger partial charge in [0.15, 0.2) is 0 Å². The Kier molecular flexibility index (Phi) is 7.96. The molecule has 0 saturated heterocycles. The van der Waals surface area contributed by atoms with Crippen LogP contribution in [0, 0.1) is 0 Å². The zero-order valence-electron chi connectivity index (χ0n) is 9.99. The first-order chi connectivity index (χ1) is 6.56. The van der Waals surface area contributed by atoms with Crippen LogP contribution in [0.5, 0.6) is 0 Å². The van der Waals surface area contributed by atoms with Crippen molar-refractivity contribution < 1.29 is 17.4 Å². The molecule has 0 aliphatic rings. The van der Waals surface area contributed by atoms with Crippen molar-refractivity contribution in [3.05, 3.63) is 0 Å². The van der Waals surface area contributed by atoms with Crippen molar-refractivity contribution in [1.29, 1.82) is 0 Å². The number of carbonyl (C=O) groups is 1. The molecule has 0 atom stereocenters. The van der Waals surface area contributed by atoms with E-state index in [0.29, 0.717) is 0 Å². The zero-order valence-corrected chi connectivity index (χ0v) is 11.9. The molecule has 0 N–H and O–H groups in total. The first-order valence-corrected chi connectivity index (χ1v) is 9.22. The molecule has 7 heteroatoms. The Morgan fingerprint density at radius 1 is 1.25 bits per heavy atom. The van der Waals surface area contributed by atoms with Crippen LogP contribution in [-0.4, -0.2) is 41.3 Å². The van der Waals surface area contributed by atoms with E-state index in [1.165, 1.54) is 0 Å². The Balaban J connectivity index is 0. The van der Waals surface area contributed by atoms with Crippen molar-refractivity contribution >= 4 is 43.9 Å². The van der Waals surface area contributed by atoms with Crippen LogP contribution >= 0.6 is 0 Å². The van der Waals surface area contributed by atoms with Gasteiger partial charge in [-0.15, -0.1) is 0 Å². The molecule has 0 aliphatic heterocycles. The van der Waals surface area contributed by atoms with E-state index < -0.39 is 25.0 Å². The second kappa shape index (κ2) is 6.85. The SMILES string of the molecule is CC(C)(C)[Si](C)(C)CCC(=O)O[SH](=O)=O.[LiH]. The summed E-state index contributed by atoms with van der Waals surface area (Å²) in [4.78, 5) is 11.0. The van der Waals surface area contributed by atoms with Crippen LogP contribution in [0.15, 0.2) is 0 Å². The number of hydrogen-bond donors (Lipinski definition) is 1. The average Bonchev–Trinajstić information content (AvgIpc) is 1.97. The van der Waals surface area contributed by atoms with Gasteiger partial charge in [0, 0.05) is 6.42 Å². The van der Waals surface area contributed by atoms with E-state index in [0.717, 1.165) is 6.04 Å². The molecule has 0 bridgehead atoms. The third kappa shape index (κ3) is 6.74. The molecule has 16 heavy (non-hydrogen) atoms. The maximum atomic E-state index is 11.0. The molecule has 0 saturated carbocycles. The average molecular weight is 260 g/mol. The van der Waals surface area contributed by atoms with Crippen LogP contribution in [0.3, 0.4) is 0 Å². The summed E-state index contributed by atoms with van der Waals surface area (Å²) in [5, 5.41) is 0.201. The van der Waals surface area contributed by atoms with Gasteiger partial charge < -0.3 is 4.18 Å². The van der Waals surface area contributed by atoms with Gasteiger partial charge in [-0.2, -0.15) is 8.42 Å². The predicted octanol–water partition coefficient (Wildman–Crippen LogP) is 1.31. The summed E-state index contributed by atoms with van der Waals surface area (Å²) in [5.41, 5.74) is 0. The Hall–Kier alpha value is 0.234. The van der Waals surface area contributed by atoms with Crippen molar-refractivity contribution in [1.82, 2.24) is 0 Å². The van der Waals surface area contributed by atoms with Gasteiger partial charge in [-0.25, -0.2) is 0 Å². The molecule has 0 radical (unpaired) electrons. The second-order valence-electron chi connectivity index (χ2n) is 5.32. The maximum absolute atomic E-state index is 11.0. The van der Waals surface area contributed by atoms with Gasteiger partial charge in [0.2, 0.25) is 0 Å². The van der Waals surface area contributed by atoms with Crippen molar-refractivity contribution in [2.45, 2.75) is 51.4 Å². The number of carbonyl (C=O) groups excluding carboxylic acids is 1. The topological polar surface area (TPSA) is 60.4 Å². The Morgan fingerprint density at radius 3 is 2.00 bits per heavy atom. The molecular weight excluding hydrogens is 239 g/mol. The standard InChI is InChI=1S/C9H20O4SSi.Li.H/c1-9(2,3)15(4,5)7-6-8(10)13-14(11)12;;/h14H,6-7H2,1-5H3;;. The molecule has 0 aliphatic carbocycles. The predicted molar refractivity (Wildman–Crippen MR) is 70.2 cm³/mol. The van der Waals surface area contributed by atoms with Gasteiger partial charge in [-0.3, -0.25) is 4.79 Å². The van der Waals surface area contributed by atoms with E-state index in [-0.39, 0.29) is 30.3 Å². The fraction of sp³-hybridized carbons (Fsp3) is 0.889. The van der Waals surface area contributed by atoms with Gasteiger partial charge in [-0.1, -0.05) is 33.9 Å². The molecule has 92 valence electrons. The van der Waals surface area contributed by atoms with Gasteiger partial charge in [0.05, 0.1) is 8.07 Å². The molecule has 0 fully saturated rings. The fourth-order valence-corrected chi connectivity index (χ4v) is 2.76. The second-order valence-corrected chi connectivity index (χ2v) is 11.7. The summed E-state index contributed by atoms with van der Waals surface area (Å²) in [6.07, 6.45) is 0.194. The molecular formula is C9H21LiO4SSi. The Labute approximate surface area is 112 Å². The monoisotopic (exact) mass is 260 g/mol. The van der Waals surface area contributed by atoms with Gasteiger partial charge in [0.25, 0.3) is 0 Å². The molecule has 0 aromatic rings. The van der Waals surface area contributed by atoms with Crippen LogP contribution in [0.1, 0.15) is 27.2 Å². The Morgan fingerprint density at radius 2 is 1.69 bits per heavy atom. The summed E-state index contributed by atoms with van der Waals surface area (Å²) >= 11 is 0. The molecule has 0 spiro atoms. The van der Waals surface area contributed by atoms with Crippen LogP contribution in [-0.2, 0) is 20.0 Å². The summed E-state index contributed by atoms with van der Waals surface area (Å²) in [6.45, 7) is 10.8. The van der Waals surface area contributed by atoms with Crippen molar-refractivity contribution in [3.8, 4) is 0 Å². The van der Waals surface area contributed by atoms with E-state index in [2.05, 4.69) is 38.0 Å². The first kappa shape index (κ1) is 18.6. The molecule has 4 nitrogen and oxygen atoms in total. The van der Waals surface area contributed by atoms with Crippen molar-refractivity contribution in [3.63, 3.8) is 0 Å². The Bertz CT molecular complexity index is 299. The molecule has 0 aromatic heterocycles. The number of rotatable bonds is 4. The van der Waals surface area contributed by atoms with E-state index in [4.69, 9.17) is 0 Å². The zero-order chi connectivity index (χ0) is 12.3. The van der Waals surface area contributed by atoms with E-state index >= 15 is 0 Å². The van der Waals surface area contributed by atoms with Crippen molar-refractivity contribution in [2.75, 3.05) is 0 Å². The van der Waals surface area contributed by atoms with Crippen LogP contribution < -0.4 is 0 Å². The fourth-order valence-electron chi connectivity index (χ4n) is 0.918.